The molecule has 0 spiro atoms. The number of likely N-dealkylation sites (tertiary alicyclic amines) is 1. The maximum Gasteiger partial charge on any atom is 0.311 e. The van der Waals surface area contributed by atoms with E-state index in [4.69, 9.17) is 9.47 Å². The monoisotopic (exact) mass is 383 g/mol. The van der Waals surface area contributed by atoms with Gasteiger partial charge in [0, 0.05) is 18.7 Å². The highest BCUT2D eigenvalue weighted by molar-refractivity contribution is 9.10. The van der Waals surface area contributed by atoms with Gasteiger partial charge >= 0.3 is 5.97 Å². The van der Waals surface area contributed by atoms with Gasteiger partial charge in [0.2, 0.25) is 6.79 Å². The first-order valence-electron chi connectivity index (χ1n) is 7.47. The van der Waals surface area contributed by atoms with Gasteiger partial charge in [0.25, 0.3) is 5.91 Å². The number of aliphatic carboxylic acids is 1. The molecular formula is C16H18BrNO5. The molecule has 1 fully saturated rings. The molecule has 1 unspecified atom stereocenters. The van der Waals surface area contributed by atoms with Crippen molar-refractivity contribution in [2.24, 2.45) is 11.3 Å². The summed E-state index contributed by atoms with van der Waals surface area (Å²) in [5, 5.41) is 9.59. The van der Waals surface area contributed by atoms with E-state index < -0.39 is 11.4 Å². The van der Waals surface area contributed by atoms with Gasteiger partial charge in [-0.25, -0.2) is 0 Å². The molecule has 1 amide bonds. The number of carbonyl (C=O) groups excluding carboxylic acids is 1. The quantitative estimate of drug-likeness (QED) is 0.868. The van der Waals surface area contributed by atoms with E-state index >= 15 is 0 Å². The lowest BCUT2D eigenvalue weighted by atomic mass is 9.76. The van der Waals surface area contributed by atoms with Gasteiger partial charge in [-0.05, 0) is 40.4 Å². The first-order valence-corrected chi connectivity index (χ1v) is 8.26. The molecule has 1 aromatic rings. The minimum Gasteiger partial charge on any atom is -0.481 e. The second-order valence-corrected chi connectivity index (χ2v) is 7.14. The molecule has 23 heavy (non-hydrogen) atoms. The van der Waals surface area contributed by atoms with Crippen molar-refractivity contribution in [2.45, 2.75) is 20.3 Å². The molecule has 6 nitrogen and oxygen atoms in total. The number of carboxylic acids is 1. The highest BCUT2D eigenvalue weighted by Crippen LogP contribution is 2.42. The lowest BCUT2D eigenvalue weighted by Gasteiger charge is -2.28. The number of benzene rings is 1. The fourth-order valence-corrected chi connectivity index (χ4v) is 3.73. The van der Waals surface area contributed by atoms with Gasteiger partial charge in [0.05, 0.1) is 9.89 Å². The highest BCUT2D eigenvalue weighted by atomic mass is 79.9. The summed E-state index contributed by atoms with van der Waals surface area (Å²) in [7, 11) is 0. The number of fused-ring (bicyclic) bond motifs is 1. The van der Waals surface area contributed by atoms with Crippen LogP contribution in [-0.2, 0) is 4.79 Å². The largest absolute Gasteiger partial charge is 0.481 e. The zero-order chi connectivity index (χ0) is 16.8. The van der Waals surface area contributed by atoms with Gasteiger partial charge in [0.15, 0.2) is 11.5 Å². The van der Waals surface area contributed by atoms with Gasteiger partial charge in [-0.1, -0.05) is 13.8 Å². The van der Waals surface area contributed by atoms with Crippen molar-refractivity contribution in [1.29, 1.82) is 0 Å². The van der Waals surface area contributed by atoms with Crippen molar-refractivity contribution < 1.29 is 24.2 Å². The van der Waals surface area contributed by atoms with E-state index in [2.05, 4.69) is 15.9 Å². The van der Waals surface area contributed by atoms with Crippen LogP contribution in [0.5, 0.6) is 11.5 Å². The Balaban J connectivity index is 1.85. The van der Waals surface area contributed by atoms with Crippen molar-refractivity contribution in [2.75, 3.05) is 19.9 Å². The number of hydrogen-bond acceptors (Lipinski definition) is 4. The van der Waals surface area contributed by atoms with E-state index in [-0.39, 0.29) is 25.2 Å². The third-order valence-electron chi connectivity index (χ3n) is 4.79. The molecule has 2 aliphatic heterocycles. The van der Waals surface area contributed by atoms with Crippen molar-refractivity contribution >= 4 is 27.8 Å². The molecule has 0 saturated carbocycles. The van der Waals surface area contributed by atoms with Crippen LogP contribution >= 0.6 is 15.9 Å². The van der Waals surface area contributed by atoms with E-state index in [0.29, 0.717) is 34.5 Å². The smallest absolute Gasteiger partial charge is 0.311 e. The third kappa shape index (κ3) is 2.56. The molecule has 1 aromatic carbocycles. The fraction of sp³-hybridized carbons (Fsp3) is 0.500. The summed E-state index contributed by atoms with van der Waals surface area (Å²) in [5.74, 6) is 0.0454. The Labute approximate surface area is 142 Å². The van der Waals surface area contributed by atoms with Crippen LogP contribution in [0.3, 0.4) is 0 Å². The zero-order valence-electron chi connectivity index (χ0n) is 13.0. The number of carboxylic acid groups (broad SMARTS) is 1. The summed E-state index contributed by atoms with van der Waals surface area (Å²) in [6.07, 6.45) is 0.470. The lowest BCUT2D eigenvalue weighted by Crippen LogP contribution is -2.40. The SMILES string of the molecule is CC(C)C1(C(=O)O)CCN(C(=O)c2cc(Br)c3c(c2)OCO3)C1. The fourth-order valence-electron chi connectivity index (χ4n) is 3.17. The molecule has 2 aliphatic rings. The Bertz CT molecular complexity index is 675. The number of hydrogen-bond donors (Lipinski definition) is 1. The van der Waals surface area contributed by atoms with Gasteiger partial charge in [0.1, 0.15) is 0 Å². The van der Waals surface area contributed by atoms with Gasteiger partial charge in [-0.2, -0.15) is 0 Å². The molecule has 7 heteroatoms. The van der Waals surface area contributed by atoms with Crippen LogP contribution in [0.1, 0.15) is 30.6 Å². The molecule has 0 aromatic heterocycles. The third-order valence-corrected chi connectivity index (χ3v) is 5.38. The standard InChI is InChI=1S/C16H18BrNO5/c1-9(2)16(15(20)21)3-4-18(7-16)14(19)10-5-11(17)13-12(6-10)22-8-23-13/h5-6,9H,3-4,7-8H2,1-2H3,(H,20,21). The van der Waals surface area contributed by atoms with E-state index in [1.165, 1.54) is 0 Å². The molecule has 1 atom stereocenters. The average molecular weight is 384 g/mol. The summed E-state index contributed by atoms with van der Waals surface area (Å²) in [6, 6.07) is 3.33. The second-order valence-electron chi connectivity index (χ2n) is 6.28. The Morgan fingerprint density at radius 3 is 2.70 bits per heavy atom. The van der Waals surface area contributed by atoms with Crippen LogP contribution in [0.2, 0.25) is 0 Å². The Hall–Kier alpha value is -1.76. The van der Waals surface area contributed by atoms with Crippen LogP contribution in [-0.4, -0.2) is 41.8 Å². The van der Waals surface area contributed by atoms with Crippen LogP contribution in [0, 0.1) is 11.3 Å². The molecule has 1 saturated heterocycles. The predicted molar refractivity (Wildman–Crippen MR) is 85.7 cm³/mol. The van der Waals surface area contributed by atoms with E-state index in [1.807, 2.05) is 13.8 Å². The maximum absolute atomic E-state index is 12.7. The minimum atomic E-state index is -0.872. The van der Waals surface area contributed by atoms with Gasteiger partial charge in [-0.15, -0.1) is 0 Å². The average Bonchev–Trinajstić information content (AvgIpc) is 3.13. The molecule has 0 bridgehead atoms. The summed E-state index contributed by atoms with van der Waals surface area (Å²) < 4.78 is 11.3. The molecule has 1 N–H and O–H groups in total. The number of nitrogens with zero attached hydrogens (tertiary/aromatic N) is 1. The number of halogens is 1. The Kier molecular flexibility index (Phi) is 4.00. The molecule has 0 aliphatic carbocycles. The maximum atomic E-state index is 12.7. The van der Waals surface area contributed by atoms with E-state index in [9.17, 15) is 14.7 Å². The van der Waals surface area contributed by atoms with Crippen molar-refractivity contribution in [3.63, 3.8) is 0 Å². The lowest BCUT2D eigenvalue weighted by molar-refractivity contribution is -0.150. The van der Waals surface area contributed by atoms with Crippen LogP contribution in [0.25, 0.3) is 0 Å². The normalized spacial score (nSPS) is 22.7. The molecule has 124 valence electrons. The zero-order valence-corrected chi connectivity index (χ0v) is 14.6. The predicted octanol–water partition coefficient (Wildman–Crippen LogP) is 2.75. The number of ether oxygens (including phenoxy) is 2. The topological polar surface area (TPSA) is 76.1 Å². The van der Waals surface area contributed by atoms with E-state index in [1.54, 1.807) is 17.0 Å². The molecule has 0 radical (unpaired) electrons. The van der Waals surface area contributed by atoms with Crippen LogP contribution in [0.15, 0.2) is 16.6 Å². The first-order chi connectivity index (χ1) is 10.8. The number of rotatable bonds is 3. The summed E-state index contributed by atoms with van der Waals surface area (Å²) in [6.45, 7) is 4.57. The molecule has 3 rings (SSSR count). The number of carbonyl (C=O) groups is 2. The van der Waals surface area contributed by atoms with Crippen LogP contribution in [0.4, 0.5) is 0 Å². The van der Waals surface area contributed by atoms with Crippen LogP contribution < -0.4 is 9.47 Å². The first kappa shape index (κ1) is 16.1. The van der Waals surface area contributed by atoms with Crippen molar-refractivity contribution in [3.05, 3.63) is 22.2 Å². The van der Waals surface area contributed by atoms with Crippen molar-refractivity contribution in [1.82, 2.24) is 4.90 Å². The molecule has 2 heterocycles. The second kappa shape index (κ2) is 5.70. The summed E-state index contributed by atoms with van der Waals surface area (Å²) >= 11 is 3.37. The summed E-state index contributed by atoms with van der Waals surface area (Å²) in [4.78, 5) is 26.1. The van der Waals surface area contributed by atoms with E-state index in [0.717, 1.165) is 0 Å². The highest BCUT2D eigenvalue weighted by Gasteiger charge is 2.48. The Morgan fingerprint density at radius 1 is 1.35 bits per heavy atom. The van der Waals surface area contributed by atoms with Crippen molar-refractivity contribution in [3.8, 4) is 11.5 Å². The summed E-state index contributed by atoms with van der Waals surface area (Å²) in [5.41, 5.74) is -0.408. The van der Waals surface area contributed by atoms with Gasteiger partial charge < -0.3 is 19.5 Å². The minimum absolute atomic E-state index is 0.0405. The Morgan fingerprint density at radius 2 is 2.09 bits per heavy atom. The van der Waals surface area contributed by atoms with Gasteiger partial charge in [-0.3, -0.25) is 9.59 Å². The molecular weight excluding hydrogens is 366 g/mol. The number of amides is 1.